The van der Waals surface area contributed by atoms with Crippen molar-refractivity contribution in [3.8, 4) is 11.5 Å². The largest absolute Gasteiger partial charge is 0.493 e. The van der Waals surface area contributed by atoms with Gasteiger partial charge in [-0.15, -0.1) is 0 Å². The Morgan fingerprint density at radius 1 is 0.945 bits per heavy atom. The van der Waals surface area contributed by atoms with Crippen molar-refractivity contribution in [2.24, 2.45) is 4.99 Å². The van der Waals surface area contributed by atoms with Crippen LogP contribution in [0.4, 0.5) is 0 Å². The number of nitrogens with one attached hydrogen (secondary N) is 1. The molecule has 6 rings (SSSR count). The summed E-state index contributed by atoms with van der Waals surface area (Å²) >= 11 is 7.73. The number of allylic oxidation sites excluding steroid dienone is 4. The average molecular weight is 768 g/mol. The molecule has 0 radical (unpaired) electrons. The number of rotatable bonds is 13. The van der Waals surface area contributed by atoms with E-state index in [4.69, 9.17) is 21.1 Å². The molecule has 5 aromatic rings. The Balaban J connectivity index is 1.26. The van der Waals surface area contributed by atoms with Gasteiger partial charge in [0.15, 0.2) is 16.7 Å². The Labute approximate surface area is 329 Å². The third-order valence-electron chi connectivity index (χ3n) is 8.73. The lowest BCUT2D eigenvalue weighted by Gasteiger charge is -2.28. The first-order chi connectivity index (χ1) is 26.8. The molecule has 1 N–H and O–H groups in total. The molecule has 5 aromatic carbocycles. The molecule has 10 heteroatoms. The van der Waals surface area contributed by atoms with Gasteiger partial charge in [-0.3, -0.25) is 19.3 Å². The van der Waals surface area contributed by atoms with Crippen LogP contribution in [0.5, 0.6) is 11.5 Å². The molecule has 3 amide bonds. The maximum absolute atomic E-state index is 14.2. The number of carbonyl (C=O) groups excluding carboxylic acids is 3. The Bertz CT molecular complexity index is 2310. The number of methoxy groups -OCH3 is 1. The molecule has 0 saturated heterocycles. The summed E-state index contributed by atoms with van der Waals surface area (Å²) in [4.78, 5) is 46.9. The molecule has 1 aliphatic heterocycles. The standard InChI is InChI=1S/C45H38ClN3O5S/c1-4-6-23-35(5-2)49-44(52)37(25-30-26-38(46)42(39(27-30)53-3)54-28-34-22-15-21-31-16-13-14-24-36(31)34)43(51)48-45(49)55-29-40(50)47-41(32-17-9-7-10-18-32)33-19-11-8-12-20-33/h4-27,41H,1,28-29H2,2-3H3,(H,47,50)/b23-6-,35-5+,37-25+. The number of amidine groups is 1. The zero-order valence-electron chi connectivity index (χ0n) is 30.3. The fraction of sp³-hybridized carbons (Fsp3) is 0.111. The molecule has 0 atom stereocenters. The first kappa shape index (κ1) is 38.6. The first-order valence-corrected chi connectivity index (χ1v) is 18.8. The van der Waals surface area contributed by atoms with Crippen LogP contribution in [0.15, 0.2) is 162 Å². The van der Waals surface area contributed by atoms with Gasteiger partial charge in [0, 0.05) is 5.70 Å². The molecular formula is C45H38ClN3O5S. The van der Waals surface area contributed by atoms with Crippen LogP contribution in [0, 0.1) is 0 Å². The van der Waals surface area contributed by atoms with E-state index in [9.17, 15) is 14.4 Å². The number of halogens is 1. The molecule has 0 spiro atoms. The van der Waals surface area contributed by atoms with Crippen LogP contribution in [0.25, 0.3) is 16.8 Å². The van der Waals surface area contributed by atoms with E-state index in [1.54, 1.807) is 43.4 Å². The fourth-order valence-electron chi connectivity index (χ4n) is 6.09. The molecule has 0 aromatic heterocycles. The second-order valence-corrected chi connectivity index (χ2v) is 13.6. The number of hydrogen-bond donors (Lipinski definition) is 1. The molecule has 1 heterocycles. The minimum Gasteiger partial charge on any atom is -0.493 e. The van der Waals surface area contributed by atoms with Gasteiger partial charge in [0.05, 0.1) is 23.9 Å². The number of aliphatic imine (C=N–C) groups is 1. The number of thioether (sulfide) groups is 1. The maximum Gasteiger partial charge on any atom is 0.285 e. The van der Waals surface area contributed by atoms with Crippen LogP contribution in [0.2, 0.25) is 5.02 Å². The lowest BCUT2D eigenvalue weighted by molar-refractivity contribution is -0.126. The Morgan fingerprint density at radius 2 is 1.62 bits per heavy atom. The van der Waals surface area contributed by atoms with Crippen LogP contribution < -0.4 is 14.8 Å². The highest BCUT2D eigenvalue weighted by molar-refractivity contribution is 8.14. The smallest absolute Gasteiger partial charge is 0.285 e. The molecule has 0 aliphatic carbocycles. The van der Waals surface area contributed by atoms with E-state index >= 15 is 0 Å². The van der Waals surface area contributed by atoms with Gasteiger partial charge in [0.25, 0.3) is 11.8 Å². The number of benzene rings is 5. The van der Waals surface area contributed by atoms with Crippen molar-refractivity contribution in [3.63, 3.8) is 0 Å². The Kier molecular flexibility index (Phi) is 12.8. The van der Waals surface area contributed by atoms with Gasteiger partial charge in [0.2, 0.25) is 5.91 Å². The van der Waals surface area contributed by atoms with E-state index in [0.29, 0.717) is 22.8 Å². The second kappa shape index (κ2) is 18.2. The average Bonchev–Trinajstić information content (AvgIpc) is 3.21. The Morgan fingerprint density at radius 3 is 2.29 bits per heavy atom. The minimum absolute atomic E-state index is 0.0629. The summed E-state index contributed by atoms with van der Waals surface area (Å²) in [5, 5.41) is 5.55. The summed E-state index contributed by atoms with van der Waals surface area (Å²) in [7, 11) is 1.49. The zero-order valence-corrected chi connectivity index (χ0v) is 31.8. The van der Waals surface area contributed by atoms with Crippen LogP contribution in [0.3, 0.4) is 0 Å². The number of ether oxygens (including phenoxy) is 2. The van der Waals surface area contributed by atoms with Gasteiger partial charge >= 0.3 is 0 Å². The van der Waals surface area contributed by atoms with Crippen molar-refractivity contribution in [2.75, 3.05) is 12.9 Å². The summed E-state index contributed by atoms with van der Waals surface area (Å²) in [5.41, 5.74) is 3.47. The molecular weight excluding hydrogens is 730 g/mol. The third kappa shape index (κ3) is 9.15. The van der Waals surface area contributed by atoms with Gasteiger partial charge in [-0.2, -0.15) is 4.99 Å². The van der Waals surface area contributed by atoms with Crippen molar-refractivity contribution < 1.29 is 23.9 Å². The highest BCUT2D eigenvalue weighted by atomic mass is 35.5. The summed E-state index contributed by atoms with van der Waals surface area (Å²) in [5.74, 6) is -1.15. The number of carbonyl (C=O) groups is 3. The van der Waals surface area contributed by atoms with Crippen molar-refractivity contribution in [3.05, 3.63) is 185 Å². The lowest BCUT2D eigenvalue weighted by Crippen LogP contribution is -2.42. The van der Waals surface area contributed by atoms with Gasteiger partial charge in [-0.1, -0.05) is 151 Å². The van der Waals surface area contributed by atoms with Crippen LogP contribution in [-0.2, 0) is 21.0 Å². The number of amides is 3. The van der Waals surface area contributed by atoms with E-state index in [0.717, 1.165) is 39.2 Å². The summed E-state index contributed by atoms with van der Waals surface area (Å²) in [6, 6.07) is 36.1. The van der Waals surface area contributed by atoms with Crippen molar-refractivity contribution in [1.29, 1.82) is 0 Å². The molecule has 0 bridgehead atoms. The fourth-order valence-corrected chi connectivity index (χ4v) is 7.17. The van der Waals surface area contributed by atoms with E-state index in [1.165, 1.54) is 18.1 Å². The maximum atomic E-state index is 14.2. The number of hydrogen-bond acceptors (Lipinski definition) is 6. The monoisotopic (exact) mass is 767 g/mol. The van der Waals surface area contributed by atoms with E-state index in [2.05, 4.69) is 16.9 Å². The molecule has 1 aliphatic rings. The molecule has 0 fully saturated rings. The molecule has 0 saturated carbocycles. The predicted molar refractivity (Wildman–Crippen MR) is 222 cm³/mol. The quantitative estimate of drug-likeness (QED) is 0.0729. The van der Waals surface area contributed by atoms with Gasteiger partial charge in [-0.05, 0) is 64.2 Å². The topological polar surface area (TPSA) is 97.3 Å². The van der Waals surface area contributed by atoms with Crippen molar-refractivity contribution in [1.82, 2.24) is 10.2 Å². The van der Waals surface area contributed by atoms with Crippen molar-refractivity contribution in [2.45, 2.75) is 19.6 Å². The van der Waals surface area contributed by atoms with Crippen LogP contribution >= 0.6 is 23.4 Å². The predicted octanol–water partition coefficient (Wildman–Crippen LogP) is 9.47. The lowest BCUT2D eigenvalue weighted by atomic mass is 9.99. The van der Waals surface area contributed by atoms with Gasteiger partial charge < -0.3 is 14.8 Å². The number of nitrogens with zero attached hydrogens (tertiary/aromatic N) is 2. The second-order valence-electron chi connectivity index (χ2n) is 12.3. The summed E-state index contributed by atoms with van der Waals surface area (Å²) < 4.78 is 11.8. The third-order valence-corrected chi connectivity index (χ3v) is 9.95. The normalized spacial score (nSPS) is 14.1. The van der Waals surface area contributed by atoms with Crippen LogP contribution in [0.1, 0.15) is 35.2 Å². The van der Waals surface area contributed by atoms with E-state index in [-0.39, 0.29) is 34.0 Å². The molecule has 8 nitrogen and oxygen atoms in total. The number of fused-ring (bicyclic) bond motifs is 1. The molecule has 276 valence electrons. The van der Waals surface area contributed by atoms with E-state index < -0.39 is 17.9 Å². The zero-order chi connectivity index (χ0) is 38.7. The summed E-state index contributed by atoms with van der Waals surface area (Å²) in [6.45, 7) is 5.74. The SMILES string of the molecule is C=C/C=C\C(=C/C)N1C(=O)/C(=C/c2cc(Cl)c(OCc3cccc4ccccc34)c(OC)c2)C(=O)N=C1SCC(=O)NC(c1ccccc1)c1ccccc1. The molecule has 55 heavy (non-hydrogen) atoms. The van der Waals surface area contributed by atoms with E-state index in [1.807, 2.05) is 103 Å². The Hall–Kier alpha value is -6.16. The van der Waals surface area contributed by atoms with Crippen LogP contribution in [-0.4, -0.2) is 40.7 Å². The first-order valence-electron chi connectivity index (χ1n) is 17.4. The highest BCUT2D eigenvalue weighted by Crippen LogP contribution is 2.38. The summed E-state index contributed by atoms with van der Waals surface area (Å²) in [6.07, 6.45) is 8.06. The highest BCUT2D eigenvalue weighted by Gasteiger charge is 2.35. The molecule has 0 unspecified atom stereocenters. The van der Waals surface area contributed by atoms with Crippen molar-refractivity contribution >= 4 is 63.1 Å². The van der Waals surface area contributed by atoms with Gasteiger partial charge in [0.1, 0.15) is 12.2 Å². The van der Waals surface area contributed by atoms with Gasteiger partial charge in [-0.25, -0.2) is 0 Å². The minimum atomic E-state index is -0.759.